The summed E-state index contributed by atoms with van der Waals surface area (Å²) in [5.74, 6) is 1.59. The second kappa shape index (κ2) is 6.32. The maximum atomic E-state index is 4.24. The molecule has 18 heavy (non-hydrogen) atoms. The van der Waals surface area contributed by atoms with Crippen molar-refractivity contribution in [2.45, 2.75) is 52.0 Å². The van der Waals surface area contributed by atoms with Crippen LogP contribution in [0.2, 0.25) is 0 Å². The smallest absolute Gasteiger partial charge is 0.0830 e. The normalized spacial score (nSPS) is 18.7. The topological polar surface area (TPSA) is 42.7 Å². The molecule has 1 saturated carbocycles. The molecular weight excluding hydrogens is 224 g/mol. The molecule has 1 aliphatic rings. The summed E-state index contributed by atoms with van der Waals surface area (Å²) in [6, 6.07) is 0.566. The van der Waals surface area contributed by atoms with E-state index in [1.807, 2.05) is 7.05 Å². The molecule has 0 bridgehead atoms. The number of aryl methyl sites for hydroxylation is 1. The first-order valence-corrected chi connectivity index (χ1v) is 7.23. The van der Waals surface area contributed by atoms with Gasteiger partial charge in [-0.3, -0.25) is 4.68 Å². The lowest BCUT2D eigenvalue weighted by atomic mass is 9.87. The number of nitrogens with zero attached hydrogens (tertiary/aromatic N) is 3. The van der Waals surface area contributed by atoms with E-state index in [-0.39, 0.29) is 0 Å². The molecule has 0 radical (unpaired) electrons. The number of aromatic nitrogens is 3. The van der Waals surface area contributed by atoms with Gasteiger partial charge >= 0.3 is 0 Å². The first-order valence-electron chi connectivity index (χ1n) is 7.23. The first kappa shape index (κ1) is 13.5. The van der Waals surface area contributed by atoms with Crippen LogP contribution in [0.1, 0.15) is 45.2 Å². The molecule has 102 valence electrons. The Morgan fingerprint density at radius 1 is 1.39 bits per heavy atom. The van der Waals surface area contributed by atoms with Crippen molar-refractivity contribution in [1.29, 1.82) is 0 Å². The molecular formula is C14H26N4. The van der Waals surface area contributed by atoms with Gasteiger partial charge in [-0.25, -0.2) is 0 Å². The Kier molecular flexibility index (Phi) is 4.75. The summed E-state index contributed by atoms with van der Waals surface area (Å²) in [5.41, 5.74) is 1.14. The monoisotopic (exact) mass is 250 g/mol. The minimum absolute atomic E-state index is 0.566. The fourth-order valence-electron chi connectivity index (χ4n) is 2.98. The minimum atomic E-state index is 0.566. The highest BCUT2D eigenvalue weighted by atomic mass is 15.4. The lowest BCUT2D eigenvalue weighted by Gasteiger charge is -2.24. The highest BCUT2D eigenvalue weighted by molar-refractivity contribution is 4.96. The predicted molar refractivity (Wildman–Crippen MR) is 73.3 cm³/mol. The third-order valence-corrected chi connectivity index (χ3v) is 3.98. The molecule has 1 N–H and O–H groups in total. The van der Waals surface area contributed by atoms with E-state index in [2.05, 4.69) is 35.7 Å². The summed E-state index contributed by atoms with van der Waals surface area (Å²) in [5, 5.41) is 11.9. The number of hydrogen-bond acceptors (Lipinski definition) is 3. The maximum absolute atomic E-state index is 4.24. The fourth-order valence-corrected chi connectivity index (χ4v) is 2.98. The van der Waals surface area contributed by atoms with Gasteiger partial charge in [0.15, 0.2) is 0 Å². The summed E-state index contributed by atoms with van der Waals surface area (Å²) >= 11 is 0. The Labute approximate surface area is 110 Å². The van der Waals surface area contributed by atoms with Gasteiger partial charge in [0.2, 0.25) is 0 Å². The molecule has 1 fully saturated rings. The van der Waals surface area contributed by atoms with E-state index in [9.17, 15) is 0 Å². The molecule has 1 unspecified atom stereocenters. The summed E-state index contributed by atoms with van der Waals surface area (Å²) in [6.45, 7) is 5.54. The van der Waals surface area contributed by atoms with Crippen molar-refractivity contribution in [1.82, 2.24) is 20.3 Å². The van der Waals surface area contributed by atoms with Crippen molar-refractivity contribution < 1.29 is 0 Å². The molecule has 0 aliphatic heterocycles. The van der Waals surface area contributed by atoms with Crippen LogP contribution in [0.3, 0.4) is 0 Å². The number of rotatable bonds is 6. The van der Waals surface area contributed by atoms with Gasteiger partial charge in [0.05, 0.1) is 5.69 Å². The molecule has 1 aliphatic carbocycles. The van der Waals surface area contributed by atoms with Crippen molar-refractivity contribution in [3.05, 3.63) is 11.9 Å². The van der Waals surface area contributed by atoms with Gasteiger partial charge in [0.25, 0.3) is 0 Å². The van der Waals surface area contributed by atoms with Crippen LogP contribution in [0, 0.1) is 11.8 Å². The Morgan fingerprint density at radius 2 is 2.11 bits per heavy atom. The Morgan fingerprint density at radius 3 is 2.67 bits per heavy atom. The largest absolute Gasteiger partial charge is 0.314 e. The zero-order chi connectivity index (χ0) is 13.0. The van der Waals surface area contributed by atoms with Crippen LogP contribution in [0.15, 0.2) is 6.20 Å². The van der Waals surface area contributed by atoms with Gasteiger partial charge in [-0.1, -0.05) is 44.7 Å². The molecule has 1 heterocycles. The lowest BCUT2D eigenvalue weighted by molar-refractivity contribution is 0.310. The van der Waals surface area contributed by atoms with Crippen molar-refractivity contribution in [3.63, 3.8) is 0 Å². The van der Waals surface area contributed by atoms with Crippen LogP contribution >= 0.6 is 0 Å². The van der Waals surface area contributed by atoms with Crippen molar-refractivity contribution >= 4 is 0 Å². The van der Waals surface area contributed by atoms with Crippen LogP contribution < -0.4 is 5.32 Å². The van der Waals surface area contributed by atoms with Crippen LogP contribution in [-0.4, -0.2) is 27.6 Å². The molecule has 0 aromatic carbocycles. The van der Waals surface area contributed by atoms with E-state index in [0.717, 1.165) is 24.6 Å². The van der Waals surface area contributed by atoms with Crippen LogP contribution in [0.5, 0.6) is 0 Å². The third kappa shape index (κ3) is 3.80. The van der Waals surface area contributed by atoms with Gasteiger partial charge in [-0.15, -0.1) is 5.10 Å². The lowest BCUT2D eigenvalue weighted by Crippen LogP contribution is -2.33. The average Bonchev–Trinajstić information content (AvgIpc) is 2.95. The highest BCUT2D eigenvalue weighted by Gasteiger charge is 2.25. The van der Waals surface area contributed by atoms with Gasteiger partial charge < -0.3 is 5.32 Å². The van der Waals surface area contributed by atoms with E-state index in [1.165, 1.54) is 25.7 Å². The molecule has 1 atom stereocenters. The van der Waals surface area contributed by atoms with Crippen molar-refractivity contribution in [2.24, 2.45) is 18.9 Å². The zero-order valence-corrected chi connectivity index (χ0v) is 11.9. The van der Waals surface area contributed by atoms with E-state index in [0.29, 0.717) is 12.0 Å². The minimum Gasteiger partial charge on any atom is -0.314 e. The molecule has 0 spiro atoms. The SMILES string of the molecule is CC(C)NCC(Cc1cn(C)nn1)C1CCCC1. The van der Waals surface area contributed by atoms with E-state index >= 15 is 0 Å². The van der Waals surface area contributed by atoms with Crippen molar-refractivity contribution in [2.75, 3.05) is 6.54 Å². The summed E-state index contributed by atoms with van der Waals surface area (Å²) in [7, 11) is 1.94. The molecule has 0 amide bonds. The fraction of sp³-hybridized carbons (Fsp3) is 0.857. The summed E-state index contributed by atoms with van der Waals surface area (Å²) < 4.78 is 1.80. The highest BCUT2D eigenvalue weighted by Crippen LogP contribution is 2.32. The summed E-state index contributed by atoms with van der Waals surface area (Å²) in [4.78, 5) is 0. The molecule has 4 heteroatoms. The molecule has 1 aromatic heterocycles. The molecule has 4 nitrogen and oxygen atoms in total. The van der Waals surface area contributed by atoms with Gasteiger partial charge in [-0.05, 0) is 24.8 Å². The summed E-state index contributed by atoms with van der Waals surface area (Å²) in [6.07, 6.45) is 8.72. The predicted octanol–water partition coefficient (Wildman–Crippen LogP) is 2.16. The number of nitrogens with one attached hydrogen (secondary N) is 1. The van der Waals surface area contributed by atoms with Gasteiger partial charge in [0.1, 0.15) is 0 Å². The maximum Gasteiger partial charge on any atom is 0.0830 e. The standard InChI is InChI=1S/C14H26N4/c1-11(2)15-9-13(12-6-4-5-7-12)8-14-10-18(3)17-16-14/h10-13,15H,4-9H2,1-3H3. The molecule has 0 saturated heterocycles. The van der Waals surface area contributed by atoms with Crippen LogP contribution in [-0.2, 0) is 13.5 Å². The number of hydrogen-bond donors (Lipinski definition) is 1. The zero-order valence-electron chi connectivity index (χ0n) is 11.9. The molecule has 1 aromatic rings. The Bertz CT molecular complexity index is 352. The first-order chi connectivity index (χ1) is 8.65. The second-order valence-corrected chi connectivity index (χ2v) is 5.96. The Hall–Kier alpha value is -0.900. The van der Waals surface area contributed by atoms with Gasteiger partial charge in [0, 0.05) is 19.3 Å². The average molecular weight is 250 g/mol. The quantitative estimate of drug-likeness (QED) is 0.841. The van der Waals surface area contributed by atoms with Crippen LogP contribution in [0.25, 0.3) is 0 Å². The third-order valence-electron chi connectivity index (χ3n) is 3.98. The van der Waals surface area contributed by atoms with E-state index < -0.39 is 0 Å². The Balaban J connectivity index is 1.94. The van der Waals surface area contributed by atoms with E-state index in [1.54, 1.807) is 4.68 Å². The van der Waals surface area contributed by atoms with E-state index in [4.69, 9.17) is 0 Å². The van der Waals surface area contributed by atoms with Gasteiger partial charge in [-0.2, -0.15) is 0 Å². The molecule has 2 rings (SSSR count). The second-order valence-electron chi connectivity index (χ2n) is 5.96. The van der Waals surface area contributed by atoms with Crippen molar-refractivity contribution in [3.8, 4) is 0 Å². The van der Waals surface area contributed by atoms with Crippen LogP contribution in [0.4, 0.5) is 0 Å².